The molecule has 0 atom stereocenters. The van der Waals surface area contributed by atoms with Gasteiger partial charge in [-0.25, -0.2) is 23.5 Å². The molecule has 1 aliphatic heterocycles. The molecule has 0 N–H and O–H groups in total. The number of fused-ring (bicyclic) bond motifs is 1. The Morgan fingerprint density at radius 3 is 2.16 bits per heavy atom. The number of carbonyl (C=O) groups excluding carboxylic acids is 3. The van der Waals surface area contributed by atoms with Gasteiger partial charge in [0.1, 0.15) is 17.7 Å². The number of ketones is 2. The van der Waals surface area contributed by atoms with E-state index in [0.717, 1.165) is 12.8 Å². The molecule has 0 radical (unpaired) electrons. The van der Waals surface area contributed by atoms with E-state index in [0.29, 0.717) is 66.1 Å². The summed E-state index contributed by atoms with van der Waals surface area (Å²) in [5, 5.41) is 0.473. The van der Waals surface area contributed by atoms with Crippen LogP contribution in [0.2, 0.25) is 0 Å². The van der Waals surface area contributed by atoms with Crippen LogP contribution in [0.15, 0.2) is 60.9 Å². The van der Waals surface area contributed by atoms with E-state index in [4.69, 9.17) is 18.9 Å². The van der Waals surface area contributed by atoms with Gasteiger partial charge < -0.3 is 23.8 Å². The molecule has 0 unspecified atom stereocenters. The summed E-state index contributed by atoms with van der Waals surface area (Å²) >= 11 is 0. The summed E-state index contributed by atoms with van der Waals surface area (Å²) in [6, 6.07) is 13.3. The summed E-state index contributed by atoms with van der Waals surface area (Å²) < 4.78 is 51.8. The second-order valence-electron chi connectivity index (χ2n) is 14.2. The van der Waals surface area contributed by atoms with Gasteiger partial charge in [-0.05, 0) is 93.8 Å². The quantitative estimate of drug-likeness (QED) is 0.139. The zero-order valence-corrected chi connectivity index (χ0v) is 29.2. The SMILES string of the molecule is COc1cc2c(Oc3ccc(CC(=O)C4(C(=O)Cc5ccc(F)cc5)CC4)cc3F)ncnc2cc1OCC1CCN(C(=O)OC(C)(C)C)CC1. The lowest BCUT2D eigenvalue weighted by molar-refractivity contribution is -0.133. The molecule has 1 aromatic heterocycles. The van der Waals surface area contributed by atoms with Gasteiger partial charge in [0, 0.05) is 32.0 Å². The highest BCUT2D eigenvalue weighted by atomic mass is 19.1. The van der Waals surface area contributed by atoms with Crippen molar-refractivity contribution in [3.8, 4) is 23.1 Å². The molecule has 2 aliphatic rings. The van der Waals surface area contributed by atoms with Gasteiger partial charge in [-0.3, -0.25) is 9.59 Å². The van der Waals surface area contributed by atoms with Crippen molar-refractivity contribution >= 4 is 28.6 Å². The van der Waals surface area contributed by atoms with Gasteiger partial charge in [-0.15, -0.1) is 0 Å². The van der Waals surface area contributed by atoms with Crippen LogP contribution < -0.4 is 14.2 Å². The Labute approximate surface area is 295 Å². The predicted molar refractivity (Wildman–Crippen MR) is 184 cm³/mol. The van der Waals surface area contributed by atoms with Gasteiger partial charge in [0.15, 0.2) is 34.6 Å². The molecule has 4 aromatic rings. The predicted octanol–water partition coefficient (Wildman–Crippen LogP) is 7.44. The lowest BCUT2D eigenvalue weighted by atomic mass is 9.88. The number of amides is 1. The number of piperidine rings is 1. The zero-order chi connectivity index (χ0) is 36.3. The molecular weight excluding hydrogens is 660 g/mol. The van der Waals surface area contributed by atoms with Crippen LogP contribution in [0.4, 0.5) is 13.6 Å². The van der Waals surface area contributed by atoms with Gasteiger partial charge >= 0.3 is 6.09 Å². The van der Waals surface area contributed by atoms with Crippen LogP contribution in [0.5, 0.6) is 23.1 Å². The molecule has 3 aromatic carbocycles. The van der Waals surface area contributed by atoms with Crippen molar-refractivity contribution in [2.24, 2.45) is 11.3 Å². The van der Waals surface area contributed by atoms with E-state index in [9.17, 15) is 18.8 Å². The number of methoxy groups -OCH3 is 1. The maximum atomic E-state index is 15.4. The molecule has 10 nitrogen and oxygen atoms in total. The number of hydrogen-bond acceptors (Lipinski definition) is 9. The first-order chi connectivity index (χ1) is 24.3. The molecule has 51 heavy (non-hydrogen) atoms. The first-order valence-corrected chi connectivity index (χ1v) is 17.0. The number of hydrogen-bond donors (Lipinski definition) is 0. The Bertz CT molecular complexity index is 1930. The highest BCUT2D eigenvalue weighted by Gasteiger charge is 2.54. The summed E-state index contributed by atoms with van der Waals surface area (Å²) in [5.74, 6) is -0.431. The fourth-order valence-electron chi connectivity index (χ4n) is 6.20. The van der Waals surface area contributed by atoms with Gasteiger partial charge in [0.05, 0.1) is 30.0 Å². The number of ether oxygens (including phenoxy) is 4. The molecule has 1 saturated heterocycles. The maximum Gasteiger partial charge on any atom is 0.410 e. The van der Waals surface area contributed by atoms with Gasteiger partial charge in [0.2, 0.25) is 5.88 Å². The largest absolute Gasteiger partial charge is 0.493 e. The maximum absolute atomic E-state index is 15.4. The number of halogens is 2. The molecule has 2 heterocycles. The second-order valence-corrected chi connectivity index (χ2v) is 14.2. The Morgan fingerprint density at radius 1 is 0.863 bits per heavy atom. The summed E-state index contributed by atoms with van der Waals surface area (Å²) in [7, 11) is 1.51. The van der Waals surface area contributed by atoms with E-state index >= 15 is 4.39 Å². The Morgan fingerprint density at radius 2 is 1.53 bits per heavy atom. The molecule has 6 rings (SSSR count). The highest BCUT2D eigenvalue weighted by Crippen LogP contribution is 2.49. The van der Waals surface area contributed by atoms with E-state index in [2.05, 4.69) is 9.97 Å². The average molecular weight is 702 g/mol. The summed E-state index contributed by atoms with van der Waals surface area (Å²) in [5.41, 5.74) is -0.0752. The minimum Gasteiger partial charge on any atom is -0.493 e. The number of benzene rings is 3. The van der Waals surface area contributed by atoms with E-state index in [1.165, 1.54) is 49.8 Å². The number of carbonyl (C=O) groups is 3. The molecule has 2 fully saturated rings. The van der Waals surface area contributed by atoms with Crippen molar-refractivity contribution in [2.75, 3.05) is 26.8 Å². The lowest BCUT2D eigenvalue weighted by Gasteiger charge is -2.33. The summed E-state index contributed by atoms with van der Waals surface area (Å²) in [4.78, 5) is 49.0. The second kappa shape index (κ2) is 14.6. The van der Waals surface area contributed by atoms with Crippen molar-refractivity contribution in [1.29, 1.82) is 0 Å². The Hall–Kier alpha value is -5.13. The zero-order valence-electron chi connectivity index (χ0n) is 29.2. The highest BCUT2D eigenvalue weighted by molar-refractivity contribution is 6.11. The van der Waals surface area contributed by atoms with Crippen LogP contribution in [0.25, 0.3) is 10.9 Å². The van der Waals surface area contributed by atoms with Crippen LogP contribution in [-0.2, 0) is 27.2 Å². The van der Waals surface area contributed by atoms with Crippen LogP contribution in [0.1, 0.15) is 57.6 Å². The normalized spacial score (nSPS) is 15.7. The third-order valence-corrected chi connectivity index (χ3v) is 9.29. The van der Waals surface area contributed by atoms with Crippen molar-refractivity contribution < 1.29 is 42.1 Å². The average Bonchev–Trinajstić information content (AvgIpc) is 3.91. The third kappa shape index (κ3) is 8.44. The minimum absolute atomic E-state index is 0.0369. The number of likely N-dealkylation sites (tertiary alicyclic amines) is 1. The van der Waals surface area contributed by atoms with Crippen molar-refractivity contribution in [3.05, 3.63) is 83.7 Å². The van der Waals surface area contributed by atoms with Gasteiger partial charge in [0.25, 0.3) is 0 Å². The molecule has 12 heteroatoms. The molecule has 1 saturated carbocycles. The number of aromatic nitrogens is 2. The Kier molecular flexibility index (Phi) is 10.2. The smallest absolute Gasteiger partial charge is 0.410 e. The first-order valence-electron chi connectivity index (χ1n) is 17.0. The molecule has 1 amide bonds. The summed E-state index contributed by atoms with van der Waals surface area (Å²) in [6.45, 7) is 7.13. The summed E-state index contributed by atoms with van der Waals surface area (Å²) in [6.07, 6.45) is 3.36. The first kappa shape index (κ1) is 35.7. The number of nitrogens with zero attached hydrogens (tertiary/aromatic N) is 3. The Balaban J connectivity index is 1.08. The van der Waals surface area contributed by atoms with Crippen molar-refractivity contribution in [3.63, 3.8) is 0 Å². The van der Waals surface area contributed by atoms with Crippen LogP contribution >= 0.6 is 0 Å². The van der Waals surface area contributed by atoms with Gasteiger partial charge in [-0.1, -0.05) is 18.2 Å². The molecule has 268 valence electrons. The fourth-order valence-corrected chi connectivity index (χ4v) is 6.20. The van der Waals surface area contributed by atoms with Crippen LogP contribution in [-0.4, -0.2) is 64.9 Å². The lowest BCUT2D eigenvalue weighted by Crippen LogP contribution is -2.42. The minimum atomic E-state index is -1.08. The fraction of sp³-hybridized carbons (Fsp3) is 0.410. The van der Waals surface area contributed by atoms with Crippen molar-refractivity contribution in [2.45, 2.75) is 64.9 Å². The van der Waals surface area contributed by atoms with E-state index < -0.39 is 22.7 Å². The van der Waals surface area contributed by atoms with Crippen LogP contribution in [0, 0.1) is 23.0 Å². The van der Waals surface area contributed by atoms with Gasteiger partial charge in [-0.2, -0.15) is 0 Å². The number of rotatable bonds is 12. The van der Waals surface area contributed by atoms with Crippen LogP contribution in [0.3, 0.4) is 0 Å². The molecular formula is C39H41F2N3O7. The molecule has 0 bridgehead atoms. The monoisotopic (exact) mass is 701 g/mol. The van der Waals surface area contributed by atoms with E-state index in [-0.39, 0.29) is 48.0 Å². The molecule has 0 spiro atoms. The third-order valence-electron chi connectivity index (χ3n) is 9.29. The standard InChI is InChI=1S/C39H41F2N3O7/c1-38(2,3)51-37(47)44-15-11-25(12-16-44)22-49-33-21-30-28(20-32(33)48-4)36(43-23-42-30)50-31-10-7-26(17-29(31)41)19-35(46)39(13-14-39)34(45)18-24-5-8-27(40)9-6-24/h5-10,17,20-21,23,25H,11-16,18-19,22H2,1-4H3. The van der Waals surface area contributed by atoms with Crippen molar-refractivity contribution in [1.82, 2.24) is 14.9 Å². The van der Waals surface area contributed by atoms with E-state index in [1.54, 1.807) is 23.1 Å². The molecule has 1 aliphatic carbocycles. The topological polar surface area (TPSA) is 117 Å². The number of Topliss-reactive ketones (excluding diaryl/α,β-unsaturated/α-hetero) is 2. The van der Waals surface area contributed by atoms with E-state index in [1.807, 2.05) is 20.8 Å².